The van der Waals surface area contributed by atoms with Crippen molar-refractivity contribution in [2.45, 2.75) is 13.8 Å². The van der Waals surface area contributed by atoms with E-state index in [1.165, 1.54) is 0 Å². The Morgan fingerprint density at radius 2 is 2.25 bits per heavy atom. The summed E-state index contributed by atoms with van der Waals surface area (Å²) in [5.74, 6) is 5.54. The van der Waals surface area contributed by atoms with Crippen molar-refractivity contribution >= 4 is 11.6 Å². The predicted molar refractivity (Wildman–Crippen MR) is 66.1 cm³/mol. The smallest absolute Gasteiger partial charge is 0.238 e. The van der Waals surface area contributed by atoms with Crippen molar-refractivity contribution in [2.75, 3.05) is 18.4 Å². The molecule has 1 amide bonds. The van der Waals surface area contributed by atoms with Crippen molar-refractivity contribution in [1.82, 2.24) is 5.32 Å². The molecular formula is C13H16N2O. The van der Waals surface area contributed by atoms with Crippen LogP contribution in [-0.2, 0) is 4.79 Å². The summed E-state index contributed by atoms with van der Waals surface area (Å²) >= 11 is 0. The van der Waals surface area contributed by atoms with Crippen LogP contribution < -0.4 is 10.6 Å². The largest absolute Gasteiger partial charge is 0.325 e. The van der Waals surface area contributed by atoms with Gasteiger partial charge in [0.25, 0.3) is 0 Å². The summed E-state index contributed by atoms with van der Waals surface area (Å²) in [6, 6.07) is 7.71. The Bertz CT molecular complexity index is 415. The van der Waals surface area contributed by atoms with E-state index in [-0.39, 0.29) is 12.5 Å². The van der Waals surface area contributed by atoms with E-state index in [1.807, 2.05) is 31.2 Å². The van der Waals surface area contributed by atoms with Crippen molar-refractivity contribution in [1.29, 1.82) is 0 Å². The number of nitrogens with one attached hydrogen (secondary N) is 2. The molecule has 0 fully saturated rings. The maximum absolute atomic E-state index is 11.5. The molecule has 1 aromatic rings. The fourth-order valence-corrected chi connectivity index (χ4v) is 1.25. The van der Waals surface area contributed by atoms with Gasteiger partial charge >= 0.3 is 0 Å². The van der Waals surface area contributed by atoms with Crippen LogP contribution in [0.3, 0.4) is 0 Å². The molecule has 0 radical (unpaired) electrons. The minimum Gasteiger partial charge on any atom is -0.325 e. The van der Waals surface area contributed by atoms with Crippen molar-refractivity contribution in [2.24, 2.45) is 0 Å². The lowest BCUT2D eigenvalue weighted by atomic mass is 10.2. The van der Waals surface area contributed by atoms with Crippen molar-refractivity contribution in [3.63, 3.8) is 0 Å². The molecular weight excluding hydrogens is 200 g/mol. The molecule has 0 aromatic heterocycles. The number of rotatable bonds is 4. The summed E-state index contributed by atoms with van der Waals surface area (Å²) < 4.78 is 0. The number of carbonyl (C=O) groups is 1. The molecule has 16 heavy (non-hydrogen) atoms. The fraction of sp³-hybridized carbons (Fsp3) is 0.308. The number of anilines is 1. The number of hydrogen-bond acceptors (Lipinski definition) is 2. The van der Waals surface area contributed by atoms with Crippen LogP contribution in [0.2, 0.25) is 0 Å². The minimum atomic E-state index is -0.0523. The second-order valence-corrected chi connectivity index (χ2v) is 3.45. The first-order valence-electron chi connectivity index (χ1n) is 5.19. The van der Waals surface area contributed by atoms with Gasteiger partial charge in [-0.1, -0.05) is 18.1 Å². The lowest BCUT2D eigenvalue weighted by molar-refractivity contribution is -0.115. The number of carbonyl (C=O) groups excluding carboxylic acids is 1. The van der Waals surface area contributed by atoms with E-state index in [0.717, 1.165) is 11.3 Å². The van der Waals surface area contributed by atoms with Crippen LogP contribution in [0.5, 0.6) is 0 Å². The second kappa shape index (κ2) is 6.65. The number of amides is 1. The van der Waals surface area contributed by atoms with Gasteiger partial charge in [-0.05, 0) is 31.5 Å². The molecule has 0 heterocycles. The molecule has 0 saturated carbocycles. The van der Waals surface area contributed by atoms with Crippen LogP contribution in [0.4, 0.5) is 5.69 Å². The molecule has 84 valence electrons. The molecule has 0 saturated heterocycles. The van der Waals surface area contributed by atoms with Crippen LogP contribution in [-0.4, -0.2) is 19.0 Å². The van der Waals surface area contributed by atoms with Crippen LogP contribution in [0.25, 0.3) is 0 Å². The molecule has 0 aliphatic rings. The topological polar surface area (TPSA) is 41.1 Å². The third-order valence-corrected chi connectivity index (χ3v) is 1.98. The first-order chi connectivity index (χ1) is 7.72. The van der Waals surface area contributed by atoms with Gasteiger partial charge in [-0.3, -0.25) is 10.1 Å². The maximum Gasteiger partial charge on any atom is 0.238 e. The molecule has 3 heteroatoms. The molecule has 0 bridgehead atoms. The van der Waals surface area contributed by atoms with Crippen molar-refractivity contribution in [3.05, 3.63) is 29.8 Å². The highest BCUT2D eigenvalue weighted by Gasteiger charge is 2.00. The zero-order valence-corrected chi connectivity index (χ0v) is 9.63. The third kappa shape index (κ3) is 4.63. The first-order valence-corrected chi connectivity index (χ1v) is 5.19. The number of aryl methyl sites for hydroxylation is 1. The van der Waals surface area contributed by atoms with Gasteiger partial charge in [-0.25, -0.2) is 0 Å². The highest BCUT2D eigenvalue weighted by molar-refractivity contribution is 5.92. The number of benzene rings is 1. The molecule has 0 atom stereocenters. The van der Waals surface area contributed by atoms with Gasteiger partial charge in [-0.2, -0.15) is 0 Å². The predicted octanol–water partition coefficient (Wildman–Crippen LogP) is 1.55. The van der Waals surface area contributed by atoms with Crippen LogP contribution in [0.15, 0.2) is 24.3 Å². The molecule has 3 nitrogen and oxygen atoms in total. The van der Waals surface area contributed by atoms with E-state index in [9.17, 15) is 4.79 Å². The summed E-state index contributed by atoms with van der Waals surface area (Å²) in [6.45, 7) is 4.58. The third-order valence-electron chi connectivity index (χ3n) is 1.98. The van der Waals surface area contributed by atoms with Gasteiger partial charge in [0.2, 0.25) is 5.91 Å². The maximum atomic E-state index is 11.5. The molecule has 1 rings (SSSR count). The van der Waals surface area contributed by atoms with Gasteiger partial charge in [0.1, 0.15) is 0 Å². The summed E-state index contributed by atoms with van der Waals surface area (Å²) in [4.78, 5) is 11.5. The molecule has 2 N–H and O–H groups in total. The zero-order chi connectivity index (χ0) is 11.8. The average Bonchev–Trinajstić information content (AvgIpc) is 2.24. The van der Waals surface area contributed by atoms with E-state index in [0.29, 0.717) is 6.54 Å². The summed E-state index contributed by atoms with van der Waals surface area (Å²) in [6.07, 6.45) is 0. The second-order valence-electron chi connectivity index (χ2n) is 3.45. The molecule has 0 aliphatic carbocycles. The Morgan fingerprint density at radius 3 is 2.94 bits per heavy atom. The Morgan fingerprint density at radius 1 is 1.44 bits per heavy atom. The van der Waals surface area contributed by atoms with Gasteiger partial charge in [0.15, 0.2) is 0 Å². The molecule has 0 spiro atoms. The Labute approximate surface area is 96.2 Å². The Hall–Kier alpha value is -1.79. The highest BCUT2D eigenvalue weighted by Crippen LogP contribution is 2.08. The van der Waals surface area contributed by atoms with E-state index in [2.05, 4.69) is 22.5 Å². The summed E-state index contributed by atoms with van der Waals surface area (Å²) in [5, 5.41) is 5.75. The van der Waals surface area contributed by atoms with E-state index >= 15 is 0 Å². The van der Waals surface area contributed by atoms with Gasteiger partial charge < -0.3 is 5.32 Å². The zero-order valence-electron chi connectivity index (χ0n) is 9.63. The van der Waals surface area contributed by atoms with E-state index in [4.69, 9.17) is 0 Å². The standard InChI is InChI=1S/C13H16N2O/c1-3-4-8-14-10-13(16)15-12-7-5-6-11(2)9-12/h5-7,9,14H,8,10H2,1-2H3,(H,15,16). The fourth-order valence-electron chi connectivity index (χ4n) is 1.25. The van der Waals surface area contributed by atoms with Crippen LogP contribution >= 0.6 is 0 Å². The summed E-state index contributed by atoms with van der Waals surface area (Å²) in [5.41, 5.74) is 1.95. The van der Waals surface area contributed by atoms with E-state index in [1.54, 1.807) is 6.92 Å². The lowest BCUT2D eigenvalue weighted by Crippen LogP contribution is -2.28. The monoisotopic (exact) mass is 216 g/mol. The minimum absolute atomic E-state index is 0.0523. The summed E-state index contributed by atoms with van der Waals surface area (Å²) in [7, 11) is 0. The van der Waals surface area contributed by atoms with Gasteiger partial charge in [-0.15, -0.1) is 5.92 Å². The van der Waals surface area contributed by atoms with Crippen LogP contribution in [0, 0.1) is 18.8 Å². The average molecular weight is 216 g/mol. The normalized spacial score (nSPS) is 9.12. The van der Waals surface area contributed by atoms with Gasteiger partial charge in [0.05, 0.1) is 13.1 Å². The number of hydrogen-bond donors (Lipinski definition) is 2. The quantitative estimate of drug-likeness (QED) is 0.592. The van der Waals surface area contributed by atoms with Crippen molar-refractivity contribution < 1.29 is 4.79 Å². The van der Waals surface area contributed by atoms with Gasteiger partial charge in [0, 0.05) is 5.69 Å². The van der Waals surface area contributed by atoms with E-state index < -0.39 is 0 Å². The molecule has 0 aliphatic heterocycles. The SMILES string of the molecule is CC#CCNCC(=O)Nc1cccc(C)c1. The first kappa shape index (κ1) is 12.3. The Kier molecular flexibility index (Phi) is 5.10. The lowest BCUT2D eigenvalue weighted by Gasteiger charge is -2.05. The highest BCUT2D eigenvalue weighted by atomic mass is 16.1. The molecule has 1 aromatic carbocycles. The molecule has 0 unspecified atom stereocenters. The van der Waals surface area contributed by atoms with Crippen LogP contribution in [0.1, 0.15) is 12.5 Å². The Balaban J connectivity index is 2.36. The van der Waals surface area contributed by atoms with Crippen molar-refractivity contribution in [3.8, 4) is 11.8 Å².